The molecular weight excluding hydrogens is 412 g/mol. The Kier molecular flexibility index (Phi) is 7.22. The van der Waals surface area contributed by atoms with Gasteiger partial charge in [-0.2, -0.15) is 5.10 Å². The number of primary amides is 1. The van der Waals surface area contributed by atoms with Crippen LogP contribution in [0.2, 0.25) is 0 Å². The number of amides is 2. The smallest absolute Gasteiger partial charge is 0.266 e. The molecule has 2 aromatic carbocycles. The fourth-order valence-electron chi connectivity index (χ4n) is 3.09. The predicted molar refractivity (Wildman–Crippen MR) is 120 cm³/mol. The first kappa shape index (κ1) is 22.5. The molecule has 1 aromatic heterocycles. The quantitative estimate of drug-likeness (QED) is 0.531. The Balaban J connectivity index is 1.62. The normalized spacial score (nSPS) is 10.4. The van der Waals surface area contributed by atoms with Crippen LogP contribution in [-0.2, 0) is 11.3 Å². The minimum atomic E-state index is -0.531. The lowest BCUT2D eigenvalue weighted by Crippen LogP contribution is -2.23. The molecule has 32 heavy (non-hydrogen) atoms. The number of benzene rings is 2. The van der Waals surface area contributed by atoms with Gasteiger partial charge in [0.25, 0.3) is 5.56 Å². The van der Waals surface area contributed by atoms with Crippen molar-refractivity contribution in [2.24, 2.45) is 5.73 Å². The third kappa shape index (κ3) is 5.51. The van der Waals surface area contributed by atoms with E-state index in [0.29, 0.717) is 34.9 Å². The van der Waals surface area contributed by atoms with Crippen molar-refractivity contribution in [2.75, 3.05) is 19.5 Å². The Hall–Kier alpha value is -4.14. The van der Waals surface area contributed by atoms with Crippen LogP contribution in [0.25, 0.3) is 11.3 Å². The molecule has 3 aromatic rings. The van der Waals surface area contributed by atoms with Gasteiger partial charge < -0.3 is 20.5 Å². The summed E-state index contributed by atoms with van der Waals surface area (Å²) in [7, 11) is 3.11. The van der Waals surface area contributed by atoms with Gasteiger partial charge in [-0.25, -0.2) is 4.68 Å². The number of rotatable bonds is 9. The lowest BCUT2D eigenvalue weighted by Gasteiger charge is -2.11. The van der Waals surface area contributed by atoms with Gasteiger partial charge in [0.2, 0.25) is 11.8 Å². The van der Waals surface area contributed by atoms with Crippen molar-refractivity contribution >= 4 is 17.5 Å². The maximum absolute atomic E-state index is 12.2. The van der Waals surface area contributed by atoms with E-state index in [4.69, 9.17) is 15.2 Å². The van der Waals surface area contributed by atoms with E-state index in [1.54, 1.807) is 56.7 Å². The summed E-state index contributed by atoms with van der Waals surface area (Å²) in [5.41, 5.74) is 7.25. The number of carbonyl (C=O) groups is 2. The number of nitrogens with one attached hydrogen (secondary N) is 1. The summed E-state index contributed by atoms with van der Waals surface area (Å²) < 4.78 is 11.9. The zero-order valence-electron chi connectivity index (χ0n) is 17.8. The van der Waals surface area contributed by atoms with Crippen LogP contribution in [0.15, 0.2) is 59.4 Å². The van der Waals surface area contributed by atoms with E-state index in [-0.39, 0.29) is 24.4 Å². The Morgan fingerprint density at radius 3 is 2.38 bits per heavy atom. The maximum atomic E-state index is 12.2. The van der Waals surface area contributed by atoms with Crippen LogP contribution in [0.3, 0.4) is 0 Å². The molecule has 0 atom stereocenters. The number of anilines is 1. The largest absolute Gasteiger partial charge is 0.493 e. The Morgan fingerprint density at radius 2 is 1.72 bits per heavy atom. The average molecular weight is 436 g/mol. The van der Waals surface area contributed by atoms with E-state index in [9.17, 15) is 14.4 Å². The van der Waals surface area contributed by atoms with Gasteiger partial charge in [0.05, 0.1) is 19.9 Å². The van der Waals surface area contributed by atoms with Gasteiger partial charge in [-0.05, 0) is 55.0 Å². The highest BCUT2D eigenvalue weighted by Gasteiger charge is 2.10. The van der Waals surface area contributed by atoms with Crippen molar-refractivity contribution in [2.45, 2.75) is 19.4 Å². The monoisotopic (exact) mass is 436 g/mol. The standard InChI is InChI=1S/C23H24N4O5/c1-31-19-11-7-16(14-20(19)32-2)18-10-12-22(29)27(26-18)13-3-4-21(28)25-17-8-5-15(6-9-17)23(24)30/h5-12,14H,3-4,13H2,1-2H3,(H2,24,30)(H,25,28). The number of nitrogens with two attached hydrogens (primary N) is 1. The third-order valence-electron chi connectivity index (χ3n) is 4.77. The summed E-state index contributed by atoms with van der Waals surface area (Å²) in [5.74, 6) is 0.419. The van der Waals surface area contributed by atoms with Crippen LogP contribution >= 0.6 is 0 Å². The van der Waals surface area contributed by atoms with Crippen molar-refractivity contribution in [1.82, 2.24) is 9.78 Å². The number of aromatic nitrogens is 2. The molecule has 0 spiro atoms. The molecule has 0 fully saturated rings. The van der Waals surface area contributed by atoms with Gasteiger partial charge in [0, 0.05) is 35.8 Å². The molecule has 0 saturated carbocycles. The minimum absolute atomic E-state index is 0.201. The molecule has 0 aliphatic carbocycles. The highest BCUT2D eigenvalue weighted by molar-refractivity contribution is 5.94. The van der Waals surface area contributed by atoms with Crippen molar-refractivity contribution < 1.29 is 19.1 Å². The van der Waals surface area contributed by atoms with E-state index < -0.39 is 5.91 Å². The predicted octanol–water partition coefficient (Wildman–Crippen LogP) is 2.45. The summed E-state index contributed by atoms with van der Waals surface area (Å²) in [5, 5.41) is 7.16. The van der Waals surface area contributed by atoms with E-state index >= 15 is 0 Å². The first-order valence-electron chi connectivity index (χ1n) is 9.91. The number of hydrogen-bond donors (Lipinski definition) is 2. The van der Waals surface area contributed by atoms with Gasteiger partial charge in [-0.15, -0.1) is 0 Å². The van der Waals surface area contributed by atoms with E-state index in [2.05, 4.69) is 10.4 Å². The van der Waals surface area contributed by atoms with Gasteiger partial charge >= 0.3 is 0 Å². The number of methoxy groups -OCH3 is 2. The summed E-state index contributed by atoms with van der Waals surface area (Å²) in [6.45, 7) is 0.286. The van der Waals surface area contributed by atoms with E-state index in [1.807, 2.05) is 6.07 Å². The van der Waals surface area contributed by atoms with Crippen LogP contribution in [-0.4, -0.2) is 35.8 Å². The molecular formula is C23H24N4O5. The summed E-state index contributed by atoms with van der Waals surface area (Å²) >= 11 is 0. The molecule has 2 amide bonds. The highest BCUT2D eigenvalue weighted by atomic mass is 16.5. The van der Waals surface area contributed by atoms with Gasteiger partial charge in [0.15, 0.2) is 11.5 Å². The Bertz CT molecular complexity index is 1170. The molecule has 0 bridgehead atoms. The highest BCUT2D eigenvalue weighted by Crippen LogP contribution is 2.31. The SMILES string of the molecule is COc1ccc(-c2ccc(=O)n(CCCC(=O)Nc3ccc(C(N)=O)cc3)n2)cc1OC. The number of nitrogens with zero attached hydrogens (tertiary/aromatic N) is 2. The number of hydrogen-bond acceptors (Lipinski definition) is 6. The van der Waals surface area contributed by atoms with E-state index in [0.717, 1.165) is 5.56 Å². The topological polar surface area (TPSA) is 126 Å². The zero-order chi connectivity index (χ0) is 23.1. The number of ether oxygens (including phenoxy) is 2. The minimum Gasteiger partial charge on any atom is -0.493 e. The zero-order valence-corrected chi connectivity index (χ0v) is 17.8. The molecule has 0 aliphatic rings. The van der Waals surface area contributed by atoms with Crippen LogP contribution in [0.4, 0.5) is 5.69 Å². The van der Waals surface area contributed by atoms with Crippen molar-refractivity contribution in [1.29, 1.82) is 0 Å². The molecule has 0 saturated heterocycles. The second-order valence-electron chi connectivity index (χ2n) is 6.94. The maximum Gasteiger partial charge on any atom is 0.266 e. The van der Waals surface area contributed by atoms with Crippen molar-refractivity contribution in [3.63, 3.8) is 0 Å². The molecule has 9 heteroatoms. The summed E-state index contributed by atoms with van der Waals surface area (Å²) in [4.78, 5) is 35.5. The summed E-state index contributed by atoms with van der Waals surface area (Å²) in [6, 6.07) is 14.8. The number of carbonyl (C=O) groups excluding carboxylic acids is 2. The fourth-order valence-corrected chi connectivity index (χ4v) is 3.09. The Labute approximate surface area is 184 Å². The molecule has 0 unspecified atom stereocenters. The van der Waals surface area contributed by atoms with Gasteiger partial charge in [-0.1, -0.05) is 0 Å². The van der Waals surface area contributed by atoms with E-state index in [1.165, 1.54) is 10.7 Å². The molecule has 3 rings (SSSR count). The molecule has 166 valence electrons. The van der Waals surface area contributed by atoms with Crippen LogP contribution in [0.5, 0.6) is 11.5 Å². The first-order valence-corrected chi connectivity index (χ1v) is 9.91. The Morgan fingerprint density at radius 1 is 1.00 bits per heavy atom. The van der Waals surface area contributed by atoms with Crippen molar-refractivity contribution in [3.8, 4) is 22.8 Å². The number of aryl methyl sites for hydroxylation is 1. The lowest BCUT2D eigenvalue weighted by molar-refractivity contribution is -0.116. The summed E-state index contributed by atoms with van der Waals surface area (Å²) in [6.07, 6.45) is 0.625. The molecule has 9 nitrogen and oxygen atoms in total. The van der Waals surface area contributed by atoms with Crippen LogP contribution < -0.4 is 26.1 Å². The molecule has 0 radical (unpaired) electrons. The third-order valence-corrected chi connectivity index (χ3v) is 4.77. The molecule has 0 aliphatic heterocycles. The second-order valence-corrected chi connectivity index (χ2v) is 6.94. The average Bonchev–Trinajstić information content (AvgIpc) is 2.80. The van der Waals surface area contributed by atoms with Gasteiger partial charge in [-0.3, -0.25) is 14.4 Å². The fraction of sp³-hybridized carbons (Fsp3) is 0.217. The van der Waals surface area contributed by atoms with Crippen LogP contribution in [0, 0.1) is 0 Å². The second kappa shape index (κ2) is 10.3. The molecule has 1 heterocycles. The van der Waals surface area contributed by atoms with Gasteiger partial charge in [0.1, 0.15) is 0 Å². The molecule has 3 N–H and O–H groups in total. The van der Waals surface area contributed by atoms with Crippen molar-refractivity contribution in [3.05, 3.63) is 70.5 Å². The van der Waals surface area contributed by atoms with Crippen LogP contribution in [0.1, 0.15) is 23.2 Å². The first-order chi connectivity index (χ1) is 15.4. The lowest BCUT2D eigenvalue weighted by atomic mass is 10.1.